The molecule has 0 spiro atoms. The second-order valence-electron chi connectivity index (χ2n) is 9.72. The van der Waals surface area contributed by atoms with Crippen LogP contribution in [0.15, 0.2) is 24.3 Å². The summed E-state index contributed by atoms with van der Waals surface area (Å²) in [6.45, 7) is 9.98. The molecule has 3 rings (SSSR count). The number of hydrogen-bond acceptors (Lipinski definition) is 4. The van der Waals surface area contributed by atoms with Crippen LogP contribution < -0.4 is 20.9 Å². The highest BCUT2D eigenvalue weighted by molar-refractivity contribution is 5.90. The highest BCUT2D eigenvalue weighted by Gasteiger charge is 2.43. The van der Waals surface area contributed by atoms with Crippen molar-refractivity contribution in [3.05, 3.63) is 24.3 Å². The summed E-state index contributed by atoms with van der Waals surface area (Å²) in [5.41, 5.74) is 0.886. The first kappa shape index (κ1) is 22.2. The molecule has 0 bridgehead atoms. The van der Waals surface area contributed by atoms with Gasteiger partial charge in [-0.15, -0.1) is 0 Å². The van der Waals surface area contributed by atoms with E-state index >= 15 is 0 Å². The summed E-state index contributed by atoms with van der Waals surface area (Å²) >= 11 is 0. The number of nitrogens with zero attached hydrogens (tertiary/aromatic N) is 1. The Balaban J connectivity index is 1.53. The van der Waals surface area contributed by atoms with Gasteiger partial charge < -0.3 is 25.6 Å². The number of anilines is 2. The van der Waals surface area contributed by atoms with E-state index in [0.717, 1.165) is 31.6 Å². The summed E-state index contributed by atoms with van der Waals surface area (Å²) in [5.74, 6) is 0.347. The third-order valence-corrected chi connectivity index (χ3v) is 5.72. The zero-order valence-corrected chi connectivity index (χ0v) is 18.7. The Labute approximate surface area is 179 Å². The molecule has 1 aliphatic heterocycles. The molecular formula is C23H36N4O3. The van der Waals surface area contributed by atoms with E-state index in [0.29, 0.717) is 12.5 Å². The van der Waals surface area contributed by atoms with Crippen molar-refractivity contribution in [2.75, 3.05) is 29.9 Å². The predicted octanol–water partition coefficient (Wildman–Crippen LogP) is 4.49. The third kappa shape index (κ3) is 6.54. The third-order valence-electron chi connectivity index (χ3n) is 5.72. The summed E-state index contributed by atoms with van der Waals surface area (Å²) in [6, 6.07) is 7.74. The van der Waals surface area contributed by atoms with Crippen LogP contribution in [0.4, 0.5) is 21.0 Å². The molecule has 1 heterocycles. The average Bonchev–Trinajstić information content (AvgIpc) is 3.52. The lowest BCUT2D eigenvalue weighted by Gasteiger charge is -2.32. The lowest BCUT2D eigenvalue weighted by Crippen LogP contribution is -2.56. The van der Waals surface area contributed by atoms with Crippen molar-refractivity contribution < 1.29 is 14.3 Å². The van der Waals surface area contributed by atoms with Gasteiger partial charge in [0, 0.05) is 31.0 Å². The standard InChI is InChI=1S/C23H36N4O3/c1-22(2,3)30-21(29)24-16-23(4,17-8-9-17)26-20(28)25-18-10-12-19(13-11-18)27-14-6-5-7-15-27/h10-13,17H,5-9,14-16H2,1-4H3,(H,24,29)(H2,25,26,28)/t23-/m0/s1. The summed E-state index contributed by atoms with van der Waals surface area (Å²) in [6.07, 6.45) is 5.39. The molecule has 1 atom stereocenters. The summed E-state index contributed by atoms with van der Waals surface area (Å²) in [4.78, 5) is 27.1. The van der Waals surface area contributed by atoms with E-state index in [1.807, 2.05) is 39.8 Å². The van der Waals surface area contributed by atoms with Gasteiger partial charge in [0.15, 0.2) is 0 Å². The molecule has 3 N–H and O–H groups in total. The number of benzene rings is 1. The van der Waals surface area contributed by atoms with Gasteiger partial charge in [0.2, 0.25) is 0 Å². The number of nitrogens with one attached hydrogen (secondary N) is 3. The number of piperidine rings is 1. The minimum absolute atomic E-state index is 0.263. The maximum Gasteiger partial charge on any atom is 0.407 e. The van der Waals surface area contributed by atoms with Gasteiger partial charge in [-0.1, -0.05) is 0 Å². The zero-order chi connectivity index (χ0) is 21.8. The normalized spacial score (nSPS) is 18.9. The number of carbonyl (C=O) groups is 2. The second kappa shape index (κ2) is 9.14. The minimum atomic E-state index is -0.550. The lowest BCUT2D eigenvalue weighted by molar-refractivity contribution is 0.0509. The van der Waals surface area contributed by atoms with Gasteiger partial charge in [0.25, 0.3) is 0 Å². The fourth-order valence-corrected chi connectivity index (χ4v) is 3.91. The van der Waals surface area contributed by atoms with E-state index < -0.39 is 17.2 Å². The molecule has 166 valence electrons. The monoisotopic (exact) mass is 416 g/mol. The Morgan fingerprint density at radius 2 is 1.67 bits per heavy atom. The van der Waals surface area contributed by atoms with Crippen LogP contribution in [0.25, 0.3) is 0 Å². The molecule has 30 heavy (non-hydrogen) atoms. The van der Waals surface area contributed by atoms with Crippen molar-refractivity contribution in [3.8, 4) is 0 Å². The molecule has 1 aromatic carbocycles. The number of alkyl carbamates (subject to hydrolysis) is 1. The molecule has 1 saturated heterocycles. The number of ether oxygens (including phenoxy) is 1. The van der Waals surface area contributed by atoms with Crippen molar-refractivity contribution in [1.29, 1.82) is 0 Å². The highest BCUT2D eigenvalue weighted by Crippen LogP contribution is 2.39. The quantitative estimate of drug-likeness (QED) is 0.638. The topological polar surface area (TPSA) is 82.7 Å². The molecule has 0 aromatic heterocycles. The maximum absolute atomic E-state index is 12.6. The van der Waals surface area contributed by atoms with Gasteiger partial charge in [-0.05, 0) is 90.0 Å². The molecular weight excluding hydrogens is 380 g/mol. The fourth-order valence-electron chi connectivity index (χ4n) is 3.91. The summed E-state index contributed by atoms with van der Waals surface area (Å²) in [7, 11) is 0. The molecule has 3 amide bonds. The number of amides is 3. The maximum atomic E-state index is 12.6. The van der Waals surface area contributed by atoms with Crippen molar-refractivity contribution in [2.45, 2.75) is 70.9 Å². The zero-order valence-electron chi connectivity index (χ0n) is 18.7. The first-order valence-corrected chi connectivity index (χ1v) is 11.1. The Kier molecular flexibility index (Phi) is 6.78. The number of rotatable bonds is 6. The number of urea groups is 1. The largest absolute Gasteiger partial charge is 0.444 e. The van der Waals surface area contributed by atoms with Gasteiger partial charge in [-0.25, -0.2) is 9.59 Å². The van der Waals surface area contributed by atoms with Crippen LogP contribution in [0.3, 0.4) is 0 Å². The Bertz CT molecular complexity index is 734. The minimum Gasteiger partial charge on any atom is -0.444 e. The smallest absolute Gasteiger partial charge is 0.407 e. The van der Waals surface area contributed by atoms with Gasteiger partial charge in [0.1, 0.15) is 5.60 Å². The molecule has 2 fully saturated rings. The molecule has 1 saturated carbocycles. The molecule has 0 unspecified atom stereocenters. The van der Waals surface area contributed by atoms with Crippen LogP contribution in [0, 0.1) is 5.92 Å². The van der Waals surface area contributed by atoms with Crippen LogP contribution in [0.1, 0.15) is 59.8 Å². The average molecular weight is 417 g/mol. The van der Waals surface area contributed by atoms with E-state index in [-0.39, 0.29) is 6.03 Å². The molecule has 0 radical (unpaired) electrons. The van der Waals surface area contributed by atoms with Crippen molar-refractivity contribution in [1.82, 2.24) is 10.6 Å². The Morgan fingerprint density at radius 3 is 2.23 bits per heavy atom. The SMILES string of the molecule is CC(C)(C)OC(=O)NC[C@](C)(NC(=O)Nc1ccc(N2CCCCC2)cc1)C1CC1. The number of carbonyl (C=O) groups excluding carboxylic acids is 2. The highest BCUT2D eigenvalue weighted by atomic mass is 16.6. The second-order valence-corrected chi connectivity index (χ2v) is 9.72. The van der Waals surface area contributed by atoms with Gasteiger partial charge >= 0.3 is 12.1 Å². The predicted molar refractivity (Wildman–Crippen MR) is 120 cm³/mol. The van der Waals surface area contributed by atoms with Crippen LogP contribution in [-0.2, 0) is 4.74 Å². The first-order valence-electron chi connectivity index (χ1n) is 11.1. The Morgan fingerprint density at radius 1 is 1.03 bits per heavy atom. The van der Waals surface area contributed by atoms with Crippen molar-refractivity contribution >= 4 is 23.5 Å². The molecule has 7 nitrogen and oxygen atoms in total. The van der Waals surface area contributed by atoms with Gasteiger partial charge in [-0.2, -0.15) is 0 Å². The van der Waals surface area contributed by atoms with Crippen LogP contribution in [0.2, 0.25) is 0 Å². The van der Waals surface area contributed by atoms with Gasteiger partial charge in [0.05, 0.1) is 5.54 Å². The van der Waals surface area contributed by atoms with E-state index in [4.69, 9.17) is 4.74 Å². The lowest BCUT2D eigenvalue weighted by atomic mass is 9.96. The van der Waals surface area contributed by atoms with Crippen molar-refractivity contribution in [3.63, 3.8) is 0 Å². The number of hydrogen-bond donors (Lipinski definition) is 3. The summed E-state index contributed by atoms with van der Waals surface area (Å²) in [5, 5.41) is 8.80. The molecule has 2 aliphatic rings. The van der Waals surface area contributed by atoms with Crippen LogP contribution in [-0.4, -0.2) is 42.9 Å². The van der Waals surface area contributed by atoms with E-state index in [1.54, 1.807) is 0 Å². The van der Waals surface area contributed by atoms with E-state index in [9.17, 15) is 9.59 Å². The van der Waals surface area contributed by atoms with E-state index in [2.05, 4.69) is 33.0 Å². The van der Waals surface area contributed by atoms with Gasteiger partial charge in [-0.3, -0.25) is 0 Å². The van der Waals surface area contributed by atoms with E-state index in [1.165, 1.54) is 24.9 Å². The van der Waals surface area contributed by atoms with Crippen LogP contribution in [0.5, 0.6) is 0 Å². The Hall–Kier alpha value is -2.44. The first-order chi connectivity index (χ1) is 14.1. The van der Waals surface area contributed by atoms with Crippen molar-refractivity contribution in [2.24, 2.45) is 5.92 Å². The summed E-state index contributed by atoms with van der Waals surface area (Å²) < 4.78 is 5.31. The molecule has 7 heteroatoms. The molecule has 1 aliphatic carbocycles. The fraction of sp³-hybridized carbons (Fsp3) is 0.652. The molecule has 1 aromatic rings. The van der Waals surface area contributed by atoms with Crippen LogP contribution >= 0.6 is 0 Å².